The number of amides is 1. The van der Waals surface area contributed by atoms with Gasteiger partial charge in [-0.05, 0) is 51.7 Å². The molecule has 4 N–H and O–H groups in total. The predicted molar refractivity (Wildman–Crippen MR) is 114 cm³/mol. The van der Waals surface area contributed by atoms with Crippen molar-refractivity contribution in [1.29, 1.82) is 0 Å². The van der Waals surface area contributed by atoms with Gasteiger partial charge in [-0.15, -0.1) is 0 Å². The highest BCUT2D eigenvalue weighted by Gasteiger charge is 2.19. The van der Waals surface area contributed by atoms with E-state index in [0.29, 0.717) is 17.1 Å². The van der Waals surface area contributed by atoms with Crippen molar-refractivity contribution < 1.29 is 18.7 Å². The van der Waals surface area contributed by atoms with Gasteiger partial charge in [0.2, 0.25) is 0 Å². The van der Waals surface area contributed by atoms with Crippen molar-refractivity contribution >= 4 is 11.8 Å². The first-order valence-corrected chi connectivity index (χ1v) is 10.3. The molecule has 0 bridgehead atoms. The average molecular weight is 424 g/mol. The number of alkyl halides is 1. The van der Waals surface area contributed by atoms with Crippen LogP contribution in [0.3, 0.4) is 0 Å². The van der Waals surface area contributed by atoms with Gasteiger partial charge in [-0.25, -0.2) is 20.0 Å². The maximum Gasteiger partial charge on any atom is 0.409 e. The molecule has 2 rings (SSSR count). The van der Waals surface area contributed by atoms with Crippen molar-refractivity contribution in [3.05, 3.63) is 29.2 Å². The highest BCUT2D eigenvalue weighted by molar-refractivity contribution is 5.68. The molecule has 1 aromatic rings. The summed E-state index contributed by atoms with van der Waals surface area (Å²) in [5, 5.41) is 1.28. The number of hydrazine groups is 1. The zero-order valence-corrected chi connectivity index (χ0v) is 18.4. The van der Waals surface area contributed by atoms with Crippen LogP contribution in [0.5, 0.6) is 5.75 Å². The fraction of sp³-hybridized carbons (Fsp3) is 0.619. The maximum atomic E-state index is 13.1. The van der Waals surface area contributed by atoms with E-state index in [2.05, 4.69) is 4.98 Å². The Hall–Kier alpha value is -2.55. The summed E-state index contributed by atoms with van der Waals surface area (Å²) in [5.74, 6) is 6.63. The Bertz CT molecular complexity index is 748. The molecule has 0 aliphatic heterocycles. The summed E-state index contributed by atoms with van der Waals surface area (Å²) >= 11 is 0. The summed E-state index contributed by atoms with van der Waals surface area (Å²) in [6.45, 7) is 3.02. The number of nitrogens with two attached hydrogens (primary N) is 2. The number of aryl methyl sites for hydroxylation is 1. The Morgan fingerprint density at radius 3 is 2.53 bits per heavy atom. The largest absolute Gasteiger partial charge is 0.489 e. The van der Waals surface area contributed by atoms with Crippen molar-refractivity contribution in [3.63, 3.8) is 0 Å². The van der Waals surface area contributed by atoms with Gasteiger partial charge in [-0.2, -0.15) is 0 Å². The van der Waals surface area contributed by atoms with E-state index in [1.54, 1.807) is 13.1 Å². The third kappa shape index (κ3) is 6.76. The molecule has 1 fully saturated rings. The van der Waals surface area contributed by atoms with Gasteiger partial charge in [-0.1, -0.05) is 6.42 Å². The molecule has 1 atom stereocenters. The first kappa shape index (κ1) is 23.7. The molecule has 1 aliphatic carbocycles. The maximum absolute atomic E-state index is 13.1. The molecule has 0 spiro atoms. The second-order valence-corrected chi connectivity index (χ2v) is 7.85. The molecule has 0 saturated heterocycles. The van der Waals surface area contributed by atoms with E-state index < -0.39 is 12.3 Å². The van der Waals surface area contributed by atoms with Crippen molar-refractivity contribution in [2.24, 2.45) is 11.6 Å². The molecule has 0 aromatic carbocycles. The second-order valence-electron chi connectivity index (χ2n) is 7.85. The van der Waals surface area contributed by atoms with E-state index in [0.717, 1.165) is 29.2 Å². The molecule has 1 aliphatic rings. The third-order valence-electron chi connectivity index (χ3n) is 5.07. The van der Waals surface area contributed by atoms with Crippen molar-refractivity contribution in [2.45, 2.75) is 58.2 Å². The number of rotatable bonds is 8. The van der Waals surface area contributed by atoms with Gasteiger partial charge < -0.3 is 25.1 Å². The van der Waals surface area contributed by atoms with Crippen molar-refractivity contribution in [2.75, 3.05) is 27.2 Å². The predicted octanol–water partition coefficient (Wildman–Crippen LogP) is 2.96. The van der Waals surface area contributed by atoms with Crippen LogP contribution in [0.2, 0.25) is 0 Å². The molecule has 1 aromatic heterocycles. The first-order chi connectivity index (χ1) is 14.2. The van der Waals surface area contributed by atoms with Crippen LogP contribution >= 0.6 is 0 Å². The number of nitrogens with zero attached hydrogens (tertiary/aromatic N) is 3. The number of halogens is 1. The van der Waals surface area contributed by atoms with Crippen LogP contribution in [0.25, 0.3) is 5.70 Å². The molecule has 1 saturated carbocycles. The van der Waals surface area contributed by atoms with Gasteiger partial charge in [-0.3, -0.25) is 0 Å². The second kappa shape index (κ2) is 11.0. The van der Waals surface area contributed by atoms with E-state index in [9.17, 15) is 9.18 Å². The minimum atomic E-state index is -1.15. The molecule has 168 valence electrons. The van der Waals surface area contributed by atoms with E-state index in [4.69, 9.17) is 21.1 Å². The van der Waals surface area contributed by atoms with Gasteiger partial charge in [0.15, 0.2) is 0 Å². The zero-order chi connectivity index (χ0) is 22.3. The lowest BCUT2D eigenvalue weighted by atomic mass is 9.98. The molecular formula is C21H34FN5O3. The van der Waals surface area contributed by atoms with Crippen molar-refractivity contribution in [1.82, 2.24) is 14.9 Å². The Kier molecular flexibility index (Phi) is 8.71. The molecule has 30 heavy (non-hydrogen) atoms. The quantitative estimate of drug-likeness (QED) is 0.489. The Morgan fingerprint density at radius 2 is 1.97 bits per heavy atom. The minimum Gasteiger partial charge on any atom is -0.489 e. The van der Waals surface area contributed by atoms with Crippen LogP contribution in [0.1, 0.15) is 50.4 Å². The van der Waals surface area contributed by atoms with Crippen LogP contribution in [0, 0.1) is 6.92 Å². The van der Waals surface area contributed by atoms with E-state index in [1.807, 2.05) is 13.0 Å². The summed E-state index contributed by atoms with van der Waals surface area (Å²) in [6, 6.07) is 3.62. The number of ether oxygens (including phenoxy) is 2. The Morgan fingerprint density at radius 1 is 1.30 bits per heavy atom. The van der Waals surface area contributed by atoms with E-state index >= 15 is 0 Å². The summed E-state index contributed by atoms with van der Waals surface area (Å²) in [6.07, 6.45) is 4.18. The fourth-order valence-electron chi connectivity index (χ4n) is 3.39. The lowest BCUT2D eigenvalue weighted by molar-refractivity contribution is 0.105. The van der Waals surface area contributed by atoms with Gasteiger partial charge in [0.05, 0.1) is 35.4 Å². The number of hydrogen-bond donors (Lipinski definition) is 2. The Labute approximate surface area is 178 Å². The molecule has 9 heteroatoms. The standard InChI is InChI=1S/C21H34FN5O3/c1-14(22)12-26(3)21(28)29-13-18(27(4)24)20(23)17-10-11-19(15(2)25-17)30-16-8-6-5-7-9-16/h10-11,14,16H,5-9,12-13,23-24H2,1-4H3/b20-18-. The molecule has 1 unspecified atom stereocenters. The summed E-state index contributed by atoms with van der Waals surface area (Å²) in [5.41, 5.74) is 8.20. The number of carbonyl (C=O) groups excluding carboxylic acids is 1. The zero-order valence-electron chi connectivity index (χ0n) is 18.4. The monoisotopic (exact) mass is 423 g/mol. The molecular weight excluding hydrogens is 389 g/mol. The van der Waals surface area contributed by atoms with Gasteiger partial charge in [0, 0.05) is 14.1 Å². The normalized spacial score (nSPS) is 16.5. The third-order valence-corrected chi connectivity index (χ3v) is 5.07. The topological polar surface area (TPSA) is 107 Å². The number of aromatic nitrogens is 1. The van der Waals surface area contributed by atoms with Gasteiger partial charge >= 0.3 is 6.09 Å². The van der Waals surface area contributed by atoms with Crippen LogP contribution in [0.4, 0.5) is 9.18 Å². The SMILES string of the molecule is Cc1nc(/C(N)=C(\COC(=O)N(C)CC(C)F)N(C)N)ccc1OC1CCCCC1. The number of carbonyl (C=O) groups is 1. The average Bonchev–Trinajstić information content (AvgIpc) is 2.69. The van der Waals surface area contributed by atoms with Crippen LogP contribution in [-0.2, 0) is 4.74 Å². The minimum absolute atomic E-state index is 0.0605. The van der Waals surface area contributed by atoms with Gasteiger partial charge in [0.1, 0.15) is 18.5 Å². The number of likely N-dealkylation sites (N-methyl/N-ethyl adjacent to an activating group) is 1. The summed E-state index contributed by atoms with van der Waals surface area (Å²) in [4.78, 5) is 17.7. The van der Waals surface area contributed by atoms with Crippen LogP contribution in [-0.4, -0.2) is 60.5 Å². The summed E-state index contributed by atoms with van der Waals surface area (Å²) < 4.78 is 24.4. The molecule has 0 radical (unpaired) electrons. The highest BCUT2D eigenvalue weighted by Crippen LogP contribution is 2.26. The van der Waals surface area contributed by atoms with Crippen LogP contribution in [0.15, 0.2) is 17.8 Å². The lowest BCUT2D eigenvalue weighted by Gasteiger charge is -2.24. The number of pyridine rings is 1. The molecule has 1 amide bonds. The molecule has 8 nitrogen and oxygen atoms in total. The first-order valence-electron chi connectivity index (χ1n) is 10.3. The van der Waals surface area contributed by atoms with Crippen molar-refractivity contribution in [3.8, 4) is 5.75 Å². The van der Waals surface area contributed by atoms with E-state index in [-0.39, 0.29) is 19.3 Å². The summed E-state index contributed by atoms with van der Waals surface area (Å²) in [7, 11) is 3.06. The Balaban J connectivity index is 2.11. The highest BCUT2D eigenvalue weighted by atomic mass is 19.1. The number of hydrogen-bond acceptors (Lipinski definition) is 7. The van der Waals surface area contributed by atoms with Crippen LogP contribution < -0.4 is 16.3 Å². The van der Waals surface area contributed by atoms with Gasteiger partial charge in [0.25, 0.3) is 0 Å². The lowest BCUT2D eigenvalue weighted by Crippen LogP contribution is -2.35. The fourth-order valence-corrected chi connectivity index (χ4v) is 3.39. The van der Waals surface area contributed by atoms with E-state index in [1.165, 1.54) is 38.2 Å². The molecule has 1 heterocycles. The smallest absolute Gasteiger partial charge is 0.409 e.